The van der Waals surface area contributed by atoms with E-state index in [9.17, 15) is 4.79 Å². The Bertz CT molecular complexity index is 475. The molecule has 0 bridgehead atoms. The summed E-state index contributed by atoms with van der Waals surface area (Å²) in [6.45, 7) is 3.87. The standard InChI is InChI=1S/C19H26Br2O/c1-3-4-18(20)19(21)17-11-9-16(10-12-17)15-7-5-14(6-8-15)13(2)22/h5-8,16-19H,3-4,9-12H2,1-2H3/t16-,17-,18?,19?. The van der Waals surface area contributed by atoms with Crippen LogP contribution in [0.25, 0.3) is 0 Å². The number of alkyl halides is 2. The number of benzene rings is 1. The molecule has 1 aliphatic rings. The summed E-state index contributed by atoms with van der Waals surface area (Å²) in [6, 6.07) is 8.26. The quantitative estimate of drug-likeness (QED) is 0.373. The SMILES string of the molecule is CCCC(Br)C(Br)[C@H]1CC[C@H](c2ccc(C(C)=O)cc2)CC1. The fraction of sp³-hybridized carbons (Fsp3) is 0.632. The van der Waals surface area contributed by atoms with E-state index >= 15 is 0 Å². The van der Waals surface area contributed by atoms with Crippen molar-refractivity contribution >= 4 is 37.6 Å². The third-order valence-electron chi connectivity index (χ3n) is 4.92. The van der Waals surface area contributed by atoms with Crippen LogP contribution in [0.5, 0.6) is 0 Å². The predicted molar refractivity (Wildman–Crippen MR) is 101 cm³/mol. The molecule has 0 aliphatic heterocycles. The van der Waals surface area contributed by atoms with Crippen LogP contribution in [-0.2, 0) is 0 Å². The molecule has 0 spiro atoms. The number of halogens is 2. The van der Waals surface area contributed by atoms with Crippen LogP contribution < -0.4 is 0 Å². The number of hydrogen-bond donors (Lipinski definition) is 0. The van der Waals surface area contributed by atoms with Gasteiger partial charge in [0.2, 0.25) is 0 Å². The Kier molecular flexibility index (Phi) is 7.14. The van der Waals surface area contributed by atoms with E-state index in [1.807, 2.05) is 12.1 Å². The van der Waals surface area contributed by atoms with Gasteiger partial charge in [-0.2, -0.15) is 0 Å². The summed E-state index contributed by atoms with van der Waals surface area (Å²) < 4.78 is 0. The van der Waals surface area contributed by atoms with Crippen LogP contribution in [0.1, 0.15) is 74.2 Å². The molecule has 1 saturated carbocycles. The molecule has 2 unspecified atom stereocenters. The lowest BCUT2D eigenvalue weighted by Gasteiger charge is -2.33. The van der Waals surface area contributed by atoms with Crippen LogP contribution in [-0.4, -0.2) is 15.4 Å². The van der Waals surface area contributed by atoms with Crippen LogP contribution in [0.4, 0.5) is 0 Å². The molecule has 0 amide bonds. The van der Waals surface area contributed by atoms with E-state index < -0.39 is 0 Å². The fourth-order valence-corrected chi connectivity index (χ4v) is 5.17. The molecular formula is C19H26Br2O. The zero-order valence-electron chi connectivity index (χ0n) is 13.5. The number of rotatable bonds is 6. The molecule has 2 rings (SSSR count). The average Bonchev–Trinajstić information content (AvgIpc) is 2.54. The van der Waals surface area contributed by atoms with Crippen molar-refractivity contribution in [1.82, 2.24) is 0 Å². The van der Waals surface area contributed by atoms with Gasteiger partial charge in [-0.25, -0.2) is 0 Å². The summed E-state index contributed by atoms with van der Waals surface area (Å²) >= 11 is 7.76. The van der Waals surface area contributed by atoms with Gasteiger partial charge in [0.15, 0.2) is 5.78 Å². The highest BCUT2D eigenvalue weighted by Gasteiger charge is 2.30. The highest BCUT2D eigenvalue weighted by atomic mass is 79.9. The first kappa shape index (κ1) is 18.2. The first-order valence-corrected chi connectivity index (χ1v) is 10.2. The van der Waals surface area contributed by atoms with E-state index in [1.54, 1.807) is 6.92 Å². The van der Waals surface area contributed by atoms with Crippen molar-refractivity contribution < 1.29 is 4.79 Å². The van der Waals surface area contributed by atoms with Crippen LogP contribution in [0.3, 0.4) is 0 Å². The van der Waals surface area contributed by atoms with Gasteiger partial charge in [-0.3, -0.25) is 4.79 Å². The van der Waals surface area contributed by atoms with E-state index in [2.05, 4.69) is 50.9 Å². The topological polar surface area (TPSA) is 17.1 Å². The van der Waals surface area contributed by atoms with Gasteiger partial charge in [-0.05, 0) is 56.4 Å². The third kappa shape index (κ3) is 4.67. The molecule has 3 heteroatoms. The lowest BCUT2D eigenvalue weighted by atomic mass is 9.77. The molecular weight excluding hydrogens is 404 g/mol. The Balaban J connectivity index is 1.90. The summed E-state index contributed by atoms with van der Waals surface area (Å²) in [5.74, 6) is 1.59. The molecule has 1 aliphatic carbocycles. The maximum Gasteiger partial charge on any atom is 0.159 e. The van der Waals surface area contributed by atoms with Gasteiger partial charge in [-0.1, -0.05) is 69.5 Å². The van der Waals surface area contributed by atoms with Crippen molar-refractivity contribution in [1.29, 1.82) is 0 Å². The smallest absolute Gasteiger partial charge is 0.159 e. The molecule has 1 fully saturated rings. The fourth-order valence-electron chi connectivity index (χ4n) is 3.49. The Morgan fingerprint density at radius 2 is 1.73 bits per heavy atom. The van der Waals surface area contributed by atoms with Gasteiger partial charge >= 0.3 is 0 Å². The summed E-state index contributed by atoms with van der Waals surface area (Å²) in [7, 11) is 0. The van der Waals surface area contributed by atoms with Crippen molar-refractivity contribution in [3.63, 3.8) is 0 Å². The molecule has 1 aromatic rings. The maximum atomic E-state index is 11.4. The molecule has 0 heterocycles. The van der Waals surface area contributed by atoms with Crippen LogP contribution in [0.15, 0.2) is 24.3 Å². The van der Waals surface area contributed by atoms with Gasteiger partial charge in [0.25, 0.3) is 0 Å². The highest BCUT2D eigenvalue weighted by Crippen LogP contribution is 2.41. The second-order valence-electron chi connectivity index (χ2n) is 6.54. The number of Topliss-reactive ketones (excluding diaryl/α,β-unsaturated/α-hetero) is 1. The first-order chi connectivity index (χ1) is 10.5. The van der Waals surface area contributed by atoms with Crippen molar-refractivity contribution in [3.05, 3.63) is 35.4 Å². The Morgan fingerprint density at radius 1 is 1.14 bits per heavy atom. The Labute approximate surface area is 151 Å². The zero-order chi connectivity index (χ0) is 16.1. The van der Waals surface area contributed by atoms with Crippen molar-refractivity contribution in [2.75, 3.05) is 0 Å². The van der Waals surface area contributed by atoms with Gasteiger partial charge in [0.1, 0.15) is 0 Å². The lowest BCUT2D eigenvalue weighted by Crippen LogP contribution is -2.27. The van der Waals surface area contributed by atoms with Gasteiger partial charge in [0.05, 0.1) is 0 Å². The average molecular weight is 430 g/mol. The summed E-state index contributed by atoms with van der Waals surface area (Å²) in [5, 5.41) is 0. The predicted octanol–water partition coefficient (Wildman–Crippen LogP) is 6.49. The maximum absolute atomic E-state index is 11.4. The number of ketones is 1. The van der Waals surface area contributed by atoms with Crippen molar-refractivity contribution in [2.45, 2.75) is 67.9 Å². The summed E-state index contributed by atoms with van der Waals surface area (Å²) in [5.41, 5.74) is 2.22. The number of carbonyl (C=O) groups is 1. The van der Waals surface area contributed by atoms with E-state index in [4.69, 9.17) is 0 Å². The molecule has 0 saturated heterocycles. The highest BCUT2D eigenvalue weighted by molar-refractivity contribution is 9.12. The summed E-state index contributed by atoms with van der Waals surface area (Å²) in [4.78, 5) is 12.5. The lowest BCUT2D eigenvalue weighted by molar-refractivity contribution is 0.101. The number of carbonyl (C=O) groups excluding carboxylic acids is 1. The monoisotopic (exact) mass is 428 g/mol. The van der Waals surface area contributed by atoms with Crippen LogP contribution in [0, 0.1) is 5.92 Å². The zero-order valence-corrected chi connectivity index (χ0v) is 16.7. The summed E-state index contributed by atoms with van der Waals surface area (Å²) in [6.07, 6.45) is 7.58. The van der Waals surface area contributed by atoms with E-state index in [0.717, 1.165) is 11.5 Å². The second-order valence-corrected chi connectivity index (χ2v) is 8.77. The minimum absolute atomic E-state index is 0.150. The molecule has 0 aromatic heterocycles. The van der Waals surface area contributed by atoms with Crippen molar-refractivity contribution in [3.8, 4) is 0 Å². The minimum Gasteiger partial charge on any atom is -0.295 e. The molecule has 1 aromatic carbocycles. The van der Waals surface area contributed by atoms with Gasteiger partial charge in [0, 0.05) is 15.2 Å². The molecule has 0 N–H and O–H groups in total. The largest absolute Gasteiger partial charge is 0.295 e. The molecule has 122 valence electrons. The second kappa shape index (κ2) is 8.63. The number of hydrogen-bond acceptors (Lipinski definition) is 1. The Morgan fingerprint density at radius 3 is 2.23 bits per heavy atom. The van der Waals surface area contributed by atoms with E-state index in [-0.39, 0.29) is 5.78 Å². The van der Waals surface area contributed by atoms with Crippen LogP contribution in [0.2, 0.25) is 0 Å². The first-order valence-electron chi connectivity index (χ1n) is 8.42. The van der Waals surface area contributed by atoms with E-state index in [0.29, 0.717) is 15.6 Å². The minimum atomic E-state index is 0.150. The van der Waals surface area contributed by atoms with Crippen molar-refractivity contribution in [2.24, 2.45) is 5.92 Å². The van der Waals surface area contributed by atoms with Crippen LogP contribution >= 0.6 is 31.9 Å². The van der Waals surface area contributed by atoms with Gasteiger partial charge < -0.3 is 0 Å². The molecule has 0 radical (unpaired) electrons. The van der Waals surface area contributed by atoms with Gasteiger partial charge in [-0.15, -0.1) is 0 Å². The van der Waals surface area contributed by atoms with E-state index in [1.165, 1.54) is 44.1 Å². The normalized spacial score (nSPS) is 24.7. The third-order valence-corrected chi connectivity index (χ3v) is 8.04. The molecule has 22 heavy (non-hydrogen) atoms. The molecule has 1 nitrogen and oxygen atoms in total. The molecule has 2 atom stereocenters. The Hall–Kier alpha value is -0.150.